The second-order valence-corrected chi connectivity index (χ2v) is 16.3. The molecule has 63 heavy (non-hydrogen) atoms. The zero-order valence-electron chi connectivity index (χ0n) is 34.2. The SMILES string of the molecule is c1ccc(-c2nc(-c3ccccc3)nc(-c3cccc4c3Cc3c(-c5ccc6c(c5)c5ccc7c8ccccc8n(-c8ccccc8)c7c5n6-c5ccccc5)cccc3-4)n2)cc1. The molecule has 12 aromatic rings. The molecule has 5 heteroatoms. The van der Waals surface area contributed by atoms with Gasteiger partial charge < -0.3 is 9.13 Å². The van der Waals surface area contributed by atoms with Crippen molar-refractivity contribution in [1.82, 2.24) is 24.1 Å². The fourth-order valence-corrected chi connectivity index (χ4v) is 10.1. The van der Waals surface area contributed by atoms with Crippen LogP contribution in [0.2, 0.25) is 0 Å². The second-order valence-electron chi connectivity index (χ2n) is 16.3. The van der Waals surface area contributed by atoms with Crippen LogP contribution >= 0.6 is 0 Å². The first-order valence-corrected chi connectivity index (χ1v) is 21.5. The lowest BCUT2D eigenvalue weighted by atomic mass is 9.94. The quantitative estimate of drug-likeness (QED) is 0.168. The van der Waals surface area contributed by atoms with Gasteiger partial charge in [-0.25, -0.2) is 15.0 Å². The molecule has 0 atom stereocenters. The molecule has 0 radical (unpaired) electrons. The van der Waals surface area contributed by atoms with Gasteiger partial charge in [0.25, 0.3) is 0 Å². The van der Waals surface area contributed by atoms with Crippen LogP contribution in [0.25, 0.3) is 111 Å². The van der Waals surface area contributed by atoms with Gasteiger partial charge in [-0.15, -0.1) is 0 Å². The zero-order chi connectivity index (χ0) is 41.4. The molecule has 9 aromatic carbocycles. The van der Waals surface area contributed by atoms with Crippen molar-refractivity contribution in [2.45, 2.75) is 6.42 Å². The molecule has 1 aliphatic rings. The molecular formula is C58H37N5. The number of nitrogens with zero attached hydrogens (tertiary/aromatic N) is 5. The van der Waals surface area contributed by atoms with Crippen LogP contribution in [0.4, 0.5) is 0 Å². The smallest absolute Gasteiger partial charge is 0.164 e. The monoisotopic (exact) mass is 803 g/mol. The standard InChI is InChI=1S/C58H37N5/c1-5-17-37(18-6-1)56-59-57(38-19-7-2-8-20-38)61-58(60-56)48-29-16-28-44-43-27-15-26-42(49(43)36-50(44)48)39-31-34-53-51(35-39)47-33-32-46-45-25-13-14-30-52(45)62(40-21-9-3-10-22-40)54(46)55(47)63(53)41-23-11-4-12-24-41/h1-35H,36H2. The summed E-state index contributed by atoms with van der Waals surface area (Å²) in [5.41, 5.74) is 17.5. The van der Waals surface area contributed by atoms with Crippen molar-refractivity contribution in [3.05, 3.63) is 223 Å². The van der Waals surface area contributed by atoms with Crippen LogP contribution in [0, 0.1) is 0 Å². The minimum absolute atomic E-state index is 0.664. The summed E-state index contributed by atoms with van der Waals surface area (Å²) in [6.07, 6.45) is 0.769. The van der Waals surface area contributed by atoms with Crippen molar-refractivity contribution in [2.24, 2.45) is 0 Å². The van der Waals surface area contributed by atoms with Gasteiger partial charge in [0, 0.05) is 56.0 Å². The first-order chi connectivity index (χ1) is 31.3. The molecule has 0 spiro atoms. The van der Waals surface area contributed by atoms with E-state index in [0.717, 1.165) is 34.5 Å². The van der Waals surface area contributed by atoms with Gasteiger partial charge in [0.2, 0.25) is 0 Å². The molecule has 13 rings (SSSR count). The number of benzene rings is 9. The minimum atomic E-state index is 0.664. The Morgan fingerprint density at radius 3 is 1.37 bits per heavy atom. The summed E-state index contributed by atoms with van der Waals surface area (Å²) < 4.78 is 4.91. The summed E-state index contributed by atoms with van der Waals surface area (Å²) in [5.74, 6) is 2.01. The number of hydrogen-bond acceptors (Lipinski definition) is 3. The molecule has 0 saturated heterocycles. The van der Waals surface area contributed by atoms with E-state index in [1.807, 2.05) is 36.4 Å². The van der Waals surface area contributed by atoms with Gasteiger partial charge in [-0.1, -0.05) is 170 Å². The first-order valence-electron chi connectivity index (χ1n) is 21.5. The van der Waals surface area contributed by atoms with Gasteiger partial charge in [0.15, 0.2) is 17.5 Å². The second kappa shape index (κ2) is 14.1. The van der Waals surface area contributed by atoms with Gasteiger partial charge in [0.05, 0.1) is 22.1 Å². The molecule has 0 bridgehead atoms. The van der Waals surface area contributed by atoms with Crippen LogP contribution < -0.4 is 0 Å². The average Bonchev–Trinajstić information content (AvgIpc) is 4.03. The molecule has 3 aromatic heterocycles. The molecule has 0 saturated carbocycles. The summed E-state index contributed by atoms with van der Waals surface area (Å²) in [4.78, 5) is 15.3. The lowest BCUT2D eigenvalue weighted by molar-refractivity contribution is 1.07. The van der Waals surface area contributed by atoms with Gasteiger partial charge in [-0.05, 0) is 75.8 Å². The molecule has 294 valence electrons. The number of para-hydroxylation sites is 3. The van der Waals surface area contributed by atoms with E-state index >= 15 is 0 Å². The van der Waals surface area contributed by atoms with E-state index in [4.69, 9.17) is 15.0 Å². The number of hydrogen-bond donors (Lipinski definition) is 0. The summed E-state index contributed by atoms with van der Waals surface area (Å²) >= 11 is 0. The Bertz CT molecular complexity index is 3680. The molecule has 3 heterocycles. The first kappa shape index (κ1) is 35.4. The summed E-state index contributed by atoms with van der Waals surface area (Å²) in [5, 5.41) is 4.92. The van der Waals surface area contributed by atoms with Crippen molar-refractivity contribution >= 4 is 43.6 Å². The Morgan fingerprint density at radius 2 is 0.762 bits per heavy atom. The highest BCUT2D eigenvalue weighted by molar-refractivity contribution is 6.24. The number of fused-ring (bicyclic) bond motifs is 10. The van der Waals surface area contributed by atoms with E-state index in [9.17, 15) is 0 Å². The third kappa shape index (κ3) is 5.53. The fourth-order valence-electron chi connectivity index (χ4n) is 10.1. The average molecular weight is 804 g/mol. The summed E-state index contributed by atoms with van der Waals surface area (Å²) in [6, 6.07) is 75.8. The molecule has 1 aliphatic carbocycles. The Hall–Kier alpha value is -8.41. The Kier molecular flexibility index (Phi) is 7.90. The Balaban J connectivity index is 0.998. The van der Waals surface area contributed by atoms with Gasteiger partial charge >= 0.3 is 0 Å². The van der Waals surface area contributed by atoms with Gasteiger partial charge in [-0.3, -0.25) is 0 Å². The van der Waals surface area contributed by atoms with Crippen molar-refractivity contribution in [2.75, 3.05) is 0 Å². The highest BCUT2D eigenvalue weighted by atomic mass is 15.0. The Labute approximate surface area is 363 Å². The third-order valence-corrected chi connectivity index (χ3v) is 12.8. The van der Waals surface area contributed by atoms with Gasteiger partial charge in [-0.2, -0.15) is 0 Å². The summed E-state index contributed by atoms with van der Waals surface area (Å²) in [6.45, 7) is 0. The van der Waals surface area contributed by atoms with E-state index in [-0.39, 0.29) is 0 Å². The van der Waals surface area contributed by atoms with E-state index in [1.165, 1.54) is 77.0 Å². The third-order valence-electron chi connectivity index (χ3n) is 12.8. The van der Waals surface area contributed by atoms with Crippen LogP contribution in [-0.2, 0) is 6.42 Å². The lowest BCUT2D eigenvalue weighted by Crippen LogP contribution is -2.01. The normalized spacial score (nSPS) is 12.1. The van der Waals surface area contributed by atoms with Crippen molar-refractivity contribution in [3.63, 3.8) is 0 Å². The predicted molar refractivity (Wildman–Crippen MR) is 258 cm³/mol. The van der Waals surface area contributed by atoms with Gasteiger partial charge in [0.1, 0.15) is 0 Å². The zero-order valence-corrected chi connectivity index (χ0v) is 34.2. The highest BCUT2D eigenvalue weighted by Crippen LogP contribution is 2.47. The van der Waals surface area contributed by atoms with Crippen molar-refractivity contribution < 1.29 is 0 Å². The molecule has 0 unspecified atom stereocenters. The molecule has 0 aliphatic heterocycles. The fraction of sp³-hybridized carbons (Fsp3) is 0.0172. The van der Waals surface area contributed by atoms with Crippen molar-refractivity contribution in [3.8, 4) is 67.8 Å². The summed E-state index contributed by atoms with van der Waals surface area (Å²) in [7, 11) is 0. The maximum atomic E-state index is 5.15. The molecular weight excluding hydrogens is 767 g/mol. The van der Waals surface area contributed by atoms with Crippen LogP contribution in [0.15, 0.2) is 212 Å². The van der Waals surface area contributed by atoms with E-state index in [0.29, 0.717) is 17.5 Å². The topological polar surface area (TPSA) is 48.5 Å². The maximum Gasteiger partial charge on any atom is 0.164 e. The van der Waals surface area contributed by atoms with Crippen LogP contribution in [-0.4, -0.2) is 24.1 Å². The predicted octanol–water partition coefficient (Wildman–Crippen LogP) is 14.3. The van der Waals surface area contributed by atoms with E-state index < -0.39 is 0 Å². The lowest BCUT2D eigenvalue weighted by Gasteiger charge is -2.12. The highest BCUT2D eigenvalue weighted by Gasteiger charge is 2.27. The maximum absolute atomic E-state index is 5.15. The molecule has 0 fully saturated rings. The molecule has 0 N–H and O–H groups in total. The minimum Gasteiger partial charge on any atom is -0.307 e. The molecule has 5 nitrogen and oxygen atoms in total. The Morgan fingerprint density at radius 1 is 0.302 bits per heavy atom. The van der Waals surface area contributed by atoms with Crippen molar-refractivity contribution in [1.29, 1.82) is 0 Å². The number of rotatable bonds is 6. The van der Waals surface area contributed by atoms with Crippen LogP contribution in [0.1, 0.15) is 11.1 Å². The largest absolute Gasteiger partial charge is 0.307 e. The van der Waals surface area contributed by atoms with E-state index in [2.05, 4.69) is 185 Å². The van der Waals surface area contributed by atoms with Crippen LogP contribution in [0.3, 0.4) is 0 Å². The molecule has 0 amide bonds. The number of aromatic nitrogens is 5. The van der Waals surface area contributed by atoms with E-state index in [1.54, 1.807) is 0 Å². The van der Waals surface area contributed by atoms with Crippen LogP contribution in [0.5, 0.6) is 0 Å².